The predicted molar refractivity (Wildman–Crippen MR) is 106 cm³/mol. The van der Waals surface area contributed by atoms with Crippen molar-refractivity contribution in [3.63, 3.8) is 0 Å². The van der Waals surface area contributed by atoms with Crippen LogP contribution in [0.5, 0.6) is 0 Å². The van der Waals surface area contributed by atoms with Gasteiger partial charge in [-0.2, -0.15) is 4.98 Å². The Bertz CT molecular complexity index is 668. The maximum atomic E-state index is 4.80. The third kappa shape index (κ3) is 5.45. The molecular formula is C21H30N4. The van der Waals surface area contributed by atoms with Crippen LogP contribution in [-0.2, 0) is 0 Å². The number of rotatable bonds is 4. The van der Waals surface area contributed by atoms with Crippen LogP contribution in [0.15, 0.2) is 36.4 Å². The van der Waals surface area contributed by atoms with Crippen LogP contribution in [0.3, 0.4) is 0 Å². The Morgan fingerprint density at radius 1 is 0.920 bits per heavy atom. The molecule has 1 fully saturated rings. The fraction of sp³-hybridized carbons (Fsp3) is 0.524. The van der Waals surface area contributed by atoms with Crippen molar-refractivity contribution in [1.29, 1.82) is 0 Å². The molecule has 4 heteroatoms. The van der Waals surface area contributed by atoms with Gasteiger partial charge in [0.05, 0.1) is 5.69 Å². The van der Waals surface area contributed by atoms with Crippen molar-refractivity contribution in [3.8, 4) is 11.3 Å². The minimum absolute atomic E-state index is 0.0398. The first kappa shape index (κ1) is 17.7. The first-order valence-corrected chi connectivity index (χ1v) is 9.49. The van der Waals surface area contributed by atoms with Crippen LogP contribution in [0.4, 0.5) is 11.8 Å². The highest BCUT2D eigenvalue weighted by Gasteiger charge is 2.16. The topological polar surface area (TPSA) is 49.8 Å². The highest BCUT2D eigenvalue weighted by molar-refractivity contribution is 5.64. The molecule has 0 spiro atoms. The first-order chi connectivity index (χ1) is 12.0. The molecule has 4 nitrogen and oxygen atoms in total. The van der Waals surface area contributed by atoms with Gasteiger partial charge in [-0.05, 0) is 33.6 Å². The first-order valence-electron chi connectivity index (χ1n) is 9.49. The van der Waals surface area contributed by atoms with Gasteiger partial charge in [0.2, 0.25) is 5.95 Å². The van der Waals surface area contributed by atoms with Crippen LogP contribution < -0.4 is 10.6 Å². The Morgan fingerprint density at radius 3 is 2.24 bits per heavy atom. The van der Waals surface area contributed by atoms with Crippen molar-refractivity contribution in [2.24, 2.45) is 0 Å². The second-order valence-corrected chi connectivity index (χ2v) is 8.04. The Balaban J connectivity index is 1.88. The number of benzene rings is 1. The summed E-state index contributed by atoms with van der Waals surface area (Å²) in [5.74, 6) is 1.61. The molecule has 1 saturated carbocycles. The molecule has 1 aromatic carbocycles. The molecule has 0 saturated heterocycles. The molecule has 2 N–H and O–H groups in total. The van der Waals surface area contributed by atoms with Gasteiger partial charge >= 0.3 is 0 Å². The Morgan fingerprint density at radius 2 is 1.60 bits per heavy atom. The van der Waals surface area contributed by atoms with Crippen molar-refractivity contribution < 1.29 is 0 Å². The smallest absolute Gasteiger partial charge is 0.225 e. The fourth-order valence-corrected chi connectivity index (χ4v) is 3.32. The average molecular weight is 338 g/mol. The second-order valence-electron chi connectivity index (χ2n) is 8.04. The van der Waals surface area contributed by atoms with Crippen molar-refractivity contribution in [1.82, 2.24) is 9.97 Å². The zero-order valence-electron chi connectivity index (χ0n) is 15.7. The van der Waals surface area contributed by atoms with Crippen LogP contribution in [0.2, 0.25) is 0 Å². The van der Waals surface area contributed by atoms with E-state index in [1.54, 1.807) is 0 Å². The minimum Gasteiger partial charge on any atom is -0.365 e. The average Bonchev–Trinajstić information content (AvgIpc) is 2.82. The molecule has 0 unspecified atom stereocenters. The van der Waals surface area contributed by atoms with E-state index in [4.69, 9.17) is 9.97 Å². The molecule has 0 radical (unpaired) electrons. The molecule has 1 aromatic heterocycles. The van der Waals surface area contributed by atoms with Crippen molar-refractivity contribution >= 4 is 11.8 Å². The molecule has 3 rings (SSSR count). The summed E-state index contributed by atoms with van der Waals surface area (Å²) in [5.41, 5.74) is 2.03. The van der Waals surface area contributed by atoms with Gasteiger partial charge in [-0.25, -0.2) is 4.98 Å². The number of nitrogens with one attached hydrogen (secondary N) is 2. The molecule has 2 aromatic rings. The largest absolute Gasteiger partial charge is 0.365 e. The van der Waals surface area contributed by atoms with E-state index < -0.39 is 0 Å². The van der Waals surface area contributed by atoms with Crippen LogP contribution in [0.1, 0.15) is 59.3 Å². The SMILES string of the molecule is CC(C)(C)Nc1cc(-c2ccccc2)nc(NC2CCCCCC2)n1. The molecule has 25 heavy (non-hydrogen) atoms. The van der Waals surface area contributed by atoms with Crippen LogP contribution >= 0.6 is 0 Å². The summed E-state index contributed by atoms with van der Waals surface area (Å²) in [4.78, 5) is 9.53. The lowest BCUT2D eigenvalue weighted by molar-refractivity contribution is 0.613. The monoisotopic (exact) mass is 338 g/mol. The van der Waals surface area contributed by atoms with Gasteiger partial charge in [-0.15, -0.1) is 0 Å². The number of anilines is 2. The molecule has 1 aliphatic rings. The number of hydrogen-bond acceptors (Lipinski definition) is 4. The van der Waals surface area contributed by atoms with E-state index in [0.29, 0.717) is 6.04 Å². The standard InChI is InChI=1S/C21H30N4/c1-21(2,3)25-19-15-18(16-11-7-6-8-12-16)23-20(24-19)22-17-13-9-4-5-10-14-17/h6-8,11-12,15,17H,4-5,9-10,13-14H2,1-3H3,(H2,22,23,24,25). The lowest BCUT2D eigenvalue weighted by atomic mass is 10.1. The predicted octanol–water partition coefficient (Wildman–Crippen LogP) is 5.49. The van der Waals surface area contributed by atoms with Gasteiger partial charge in [0.15, 0.2) is 0 Å². The van der Waals surface area contributed by atoms with Gasteiger partial charge in [-0.3, -0.25) is 0 Å². The molecular weight excluding hydrogens is 308 g/mol. The van der Waals surface area contributed by atoms with Crippen LogP contribution in [-0.4, -0.2) is 21.5 Å². The zero-order valence-corrected chi connectivity index (χ0v) is 15.7. The van der Waals surface area contributed by atoms with E-state index in [-0.39, 0.29) is 5.54 Å². The molecule has 0 amide bonds. The molecule has 0 atom stereocenters. The second kappa shape index (κ2) is 7.85. The van der Waals surface area contributed by atoms with Gasteiger partial charge < -0.3 is 10.6 Å². The van der Waals surface area contributed by atoms with E-state index in [9.17, 15) is 0 Å². The summed E-state index contributed by atoms with van der Waals surface area (Å²) < 4.78 is 0. The number of nitrogens with zero attached hydrogens (tertiary/aromatic N) is 2. The Hall–Kier alpha value is -2.10. The van der Waals surface area contributed by atoms with Gasteiger partial charge in [0, 0.05) is 23.2 Å². The van der Waals surface area contributed by atoms with Crippen LogP contribution in [0.25, 0.3) is 11.3 Å². The van der Waals surface area contributed by atoms with Crippen molar-refractivity contribution in [2.75, 3.05) is 10.6 Å². The van der Waals surface area contributed by atoms with E-state index in [1.807, 2.05) is 24.3 Å². The summed E-state index contributed by atoms with van der Waals surface area (Å²) in [7, 11) is 0. The molecule has 134 valence electrons. The highest BCUT2D eigenvalue weighted by Crippen LogP contribution is 2.25. The third-order valence-electron chi connectivity index (χ3n) is 4.49. The summed E-state index contributed by atoms with van der Waals surface area (Å²) in [5, 5.41) is 7.09. The number of aromatic nitrogens is 2. The maximum Gasteiger partial charge on any atom is 0.225 e. The molecule has 0 aliphatic heterocycles. The van der Waals surface area contributed by atoms with Gasteiger partial charge in [0.25, 0.3) is 0 Å². The summed E-state index contributed by atoms with van der Waals surface area (Å²) in [6.45, 7) is 6.45. The molecule has 0 bridgehead atoms. The quantitative estimate of drug-likeness (QED) is 0.724. The number of hydrogen-bond donors (Lipinski definition) is 2. The maximum absolute atomic E-state index is 4.80. The Kier molecular flexibility index (Phi) is 5.57. The van der Waals surface area contributed by atoms with E-state index in [1.165, 1.54) is 38.5 Å². The minimum atomic E-state index is -0.0398. The zero-order chi connectivity index (χ0) is 17.7. The highest BCUT2D eigenvalue weighted by atomic mass is 15.2. The van der Waals surface area contributed by atoms with Gasteiger partial charge in [0.1, 0.15) is 5.82 Å². The summed E-state index contributed by atoms with van der Waals surface area (Å²) >= 11 is 0. The lowest BCUT2D eigenvalue weighted by Crippen LogP contribution is -2.27. The lowest BCUT2D eigenvalue weighted by Gasteiger charge is -2.23. The van der Waals surface area contributed by atoms with E-state index in [2.05, 4.69) is 43.5 Å². The summed E-state index contributed by atoms with van der Waals surface area (Å²) in [6, 6.07) is 12.8. The fourth-order valence-electron chi connectivity index (χ4n) is 3.32. The Labute approximate surface area is 151 Å². The van der Waals surface area contributed by atoms with Crippen molar-refractivity contribution in [3.05, 3.63) is 36.4 Å². The van der Waals surface area contributed by atoms with Gasteiger partial charge in [-0.1, -0.05) is 56.0 Å². The van der Waals surface area contributed by atoms with Crippen molar-refractivity contribution in [2.45, 2.75) is 70.9 Å². The third-order valence-corrected chi connectivity index (χ3v) is 4.49. The van der Waals surface area contributed by atoms with E-state index in [0.717, 1.165) is 23.0 Å². The van der Waals surface area contributed by atoms with Crippen LogP contribution in [0, 0.1) is 0 Å². The normalized spacial score (nSPS) is 16.3. The molecule has 1 aliphatic carbocycles. The van der Waals surface area contributed by atoms with E-state index >= 15 is 0 Å². The summed E-state index contributed by atoms with van der Waals surface area (Å²) in [6.07, 6.45) is 7.70. The molecule has 1 heterocycles.